The van der Waals surface area contributed by atoms with Gasteiger partial charge in [-0.05, 0) is 48.7 Å². The molecule has 5 heteroatoms. The lowest BCUT2D eigenvalue weighted by Gasteiger charge is -2.29. The first kappa shape index (κ1) is 15.3. The highest BCUT2D eigenvalue weighted by molar-refractivity contribution is 6.03. The maximum Gasteiger partial charge on any atom is 0.256 e. The highest BCUT2D eigenvalue weighted by Crippen LogP contribution is 2.31. The molecular formula is C20H18N4O. The summed E-state index contributed by atoms with van der Waals surface area (Å²) in [7, 11) is 0. The fraction of sp³-hybridized carbons (Fsp3) is 0.150. The number of benzene rings is 2. The second-order valence-electron chi connectivity index (χ2n) is 5.98. The van der Waals surface area contributed by atoms with Crippen molar-refractivity contribution >= 4 is 23.2 Å². The zero-order valence-electron chi connectivity index (χ0n) is 13.7. The van der Waals surface area contributed by atoms with Gasteiger partial charge in [-0.1, -0.05) is 36.4 Å². The van der Waals surface area contributed by atoms with Gasteiger partial charge >= 0.3 is 0 Å². The Balaban J connectivity index is 1.52. The maximum absolute atomic E-state index is 12.2. The molecule has 25 heavy (non-hydrogen) atoms. The van der Waals surface area contributed by atoms with Crippen molar-refractivity contribution in [1.82, 2.24) is 10.2 Å². The molecule has 5 nitrogen and oxygen atoms in total. The van der Waals surface area contributed by atoms with E-state index in [-0.39, 0.29) is 5.91 Å². The molecule has 1 amide bonds. The highest BCUT2D eigenvalue weighted by Gasteiger charge is 2.19. The zero-order valence-corrected chi connectivity index (χ0v) is 13.7. The summed E-state index contributed by atoms with van der Waals surface area (Å²) in [5.74, 6) is 1.05. The van der Waals surface area contributed by atoms with Crippen molar-refractivity contribution < 1.29 is 4.79 Å². The van der Waals surface area contributed by atoms with Gasteiger partial charge in [-0.25, -0.2) is 0 Å². The molecule has 1 N–H and O–H groups in total. The smallest absolute Gasteiger partial charge is 0.256 e. The number of amides is 1. The summed E-state index contributed by atoms with van der Waals surface area (Å²) in [5, 5.41) is 11.3. The third kappa shape index (κ3) is 3.21. The van der Waals surface area contributed by atoms with Gasteiger partial charge in [0.15, 0.2) is 11.6 Å². The summed E-state index contributed by atoms with van der Waals surface area (Å²) in [6, 6.07) is 21.1. The number of fused-ring (bicyclic) bond motifs is 1. The van der Waals surface area contributed by atoms with Crippen molar-refractivity contribution in [2.24, 2.45) is 0 Å². The van der Waals surface area contributed by atoms with Gasteiger partial charge in [-0.2, -0.15) is 0 Å². The van der Waals surface area contributed by atoms with E-state index in [2.05, 4.69) is 38.6 Å². The average molecular weight is 330 g/mol. The van der Waals surface area contributed by atoms with Gasteiger partial charge in [0.2, 0.25) is 0 Å². The zero-order chi connectivity index (χ0) is 17.1. The molecule has 0 fully saturated rings. The quantitative estimate of drug-likeness (QED) is 0.793. The number of carbonyl (C=O) groups is 1. The Kier molecular flexibility index (Phi) is 4.12. The number of anilines is 3. The minimum atomic E-state index is -0.189. The lowest BCUT2D eigenvalue weighted by atomic mass is 10.0. The Morgan fingerprint density at radius 2 is 1.72 bits per heavy atom. The van der Waals surface area contributed by atoms with Gasteiger partial charge in [0.05, 0.1) is 0 Å². The summed E-state index contributed by atoms with van der Waals surface area (Å²) in [6.07, 6.45) is 2.18. The topological polar surface area (TPSA) is 58.1 Å². The standard InChI is InChI=1S/C20H18N4O/c25-20(16-8-2-1-3-9-16)21-18-12-13-19(23-22-18)24-14-6-10-15-7-4-5-11-17(15)24/h1-5,7-9,11-13H,6,10,14H2,(H,21,22,25). The molecule has 0 unspecified atom stereocenters. The monoisotopic (exact) mass is 330 g/mol. The molecule has 3 aromatic rings. The van der Waals surface area contributed by atoms with Crippen molar-refractivity contribution in [3.05, 3.63) is 77.9 Å². The number of hydrogen-bond donors (Lipinski definition) is 1. The van der Waals surface area contributed by atoms with Crippen LogP contribution in [-0.2, 0) is 6.42 Å². The van der Waals surface area contributed by atoms with E-state index in [4.69, 9.17) is 0 Å². The summed E-state index contributed by atoms with van der Waals surface area (Å²) in [4.78, 5) is 14.4. The number of aryl methyl sites for hydroxylation is 1. The molecule has 4 rings (SSSR count). The van der Waals surface area contributed by atoms with Crippen LogP contribution in [0.2, 0.25) is 0 Å². The maximum atomic E-state index is 12.2. The average Bonchev–Trinajstić information content (AvgIpc) is 2.69. The van der Waals surface area contributed by atoms with Gasteiger partial charge in [-0.15, -0.1) is 10.2 Å². The van der Waals surface area contributed by atoms with Crippen LogP contribution in [0.1, 0.15) is 22.3 Å². The van der Waals surface area contributed by atoms with E-state index in [1.54, 1.807) is 18.2 Å². The molecule has 0 spiro atoms. The molecule has 0 atom stereocenters. The first-order valence-corrected chi connectivity index (χ1v) is 8.37. The van der Waals surface area contributed by atoms with Crippen molar-refractivity contribution in [2.75, 3.05) is 16.8 Å². The van der Waals surface area contributed by atoms with Crippen LogP contribution in [-0.4, -0.2) is 22.6 Å². The summed E-state index contributed by atoms with van der Waals surface area (Å²) >= 11 is 0. The largest absolute Gasteiger partial charge is 0.325 e. The van der Waals surface area contributed by atoms with Crippen LogP contribution in [0.25, 0.3) is 0 Å². The van der Waals surface area contributed by atoms with Crippen molar-refractivity contribution in [1.29, 1.82) is 0 Å². The van der Waals surface area contributed by atoms with Crippen molar-refractivity contribution in [2.45, 2.75) is 12.8 Å². The Labute approximate surface area is 146 Å². The molecule has 2 heterocycles. The molecule has 2 aromatic carbocycles. The second kappa shape index (κ2) is 6.73. The second-order valence-corrected chi connectivity index (χ2v) is 5.98. The molecule has 0 bridgehead atoms. The minimum absolute atomic E-state index is 0.189. The van der Waals surface area contributed by atoms with Crippen LogP contribution in [0.15, 0.2) is 66.7 Å². The minimum Gasteiger partial charge on any atom is -0.325 e. The number of carbonyl (C=O) groups excluding carboxylic acids is 1. The van der Waals surface area contributed by atoms with Crippen LogP contribution in [0, 0.1) is 0 Å². The lowest BCUT2D eigenvalue weighted by Crippen LogP contribution is -2.25. The van der Waals surface area contributed by atoms with Gasteiger partial charge in [0, 0.05) is 17.8 Å². The molecule has 124 valence electrons. The number of nitrogens with one attached hydrogen (secondary N) is 1. The van der Waals surface area contributed by atoms with E-state index >= 15 is 0 Å². The van der Waals surface area contributed by atoms with Crippen LogP contribution in [0.4, 0.5) is 17.3 Å². The summed E-state index contributed by atoms with van der Waals surface area (Å²) in [5.41, 5.74) is 3.11. The van der Waals surface area contributed by atoms with E-state index in [0.717, 1.165) is 25.2 Å². The van der Waals surface area contributed by atoms with Crippen LogP contribution in [0.3, 0.4) is 0 Å². The van der Waals surface area contributed by atoms with E-state index in [9.17, 15) is 4.79 Å². The van der Waals surface area contributed by atoms with Gasteiger partial charge in [0.1, 0.15) is 0 Å². The molecule has 1 aliphatic heterocycles. The van der Waals surface area contributed by atoms with E-state index in [1.165, 1.54) is 11.3 Å². The number of hydrogen-bond acceptors (Lipinski definition) is 4. The number of rotatable bonds is 3. The number of nitrogens with zero attached hydrogens (tertiary/aromatic N) is 3. The fourth-order valence-electron chi connectivity index (χ4n) is 3.09. The Hall–Kier alpha value is -3.21. The predicted octanol–water partition coefficient (Wildman–Crippen LogP) is 3.81. The molecule has 1 aromatic heterocycles. The molecule has 0 radical (unpaired) electrons. The molecule has 0 saturated carbocycles. The fourth-order valence-corrected chi connectivity index (χ4v) is 3.09. The predicted molar refractivity (Wildman–Crippen MR) is 98.2 cm³/mol. The van der Waals surface area contributed by atoms with Crippen LogP contribution < -0.4 is 10.2 Å². The van der Waals surface area contributed by atoms with Crippen molar-refractivity contribution in [3.63, 3.8) is 0 Å². The first-order chi connectivity index (χ1) is 12.3. The van der Waals surface area contributed by atoms with Crippen LogP contribution >= 0.6 is 0 Å². The Morgan fingerprint density at radius 3 is 2.52 bits per heavy atom. The highest BCUT2D eigenvalue weighted by atomic mass is 16.1. The molecule has 1 aliphatic rings. The van der Waals surface area contributed by atoms with E-state index in [1.807, 2.05) is 30.3 Å². The summed E-state index contributed by atoms with van der Waals surface area (Å²) < 4.78 is 0. The Bertz CT molecular complexity index is 878. The normalized spacial score (nSPS) is 13.2. The van der Waals surface area contributed by atoms with E-state index in [0.29, 0.717) is 11.4 Å². The molecule has 0 aliphatic carbocycles. The Morgan fingerprint density at radius 1 is 0.920 bits per heavy atom. The van der Waals surface area contributed by atoms with Crippen LogP contribution in [0.5, 0.6) is 0 Å². The number of para-hydroxylation sites is 1. The van der Waals surface area contributed by atoms with Gasteiger partial charge in [0.25, 0.3) is 5.91 Å². The van der Waals surface area contributed by atoms with E-state index < -0.39 is 0 Å². The molecule has 0 saturated heterocycles. The van der Waals surface area contributed by atoms with Crippen molar-refractivity contribution in [3.8, 4) is 0 Å². The summed E-state index contributed by atoms with van der Waals surface area (Å²) in [6.45, 7) is 0.918. The third-order valence-electron chi connectivity index (χ3n) is 4.31. The number of aromatic nitrogens is 2. The molecular weight excluding hydrogens is 312 g/mol. The lowest BCUT2D eigenvalue weighted by molar-refractivity contribution is 0.102. The first-order valence-electron chi connectivity index (χ1n) is 8.37. The SMILES string of the molecule is O=C(Nc1ccc(N2CCCc3ccccc32)nn1)c1ccccc1. The van der Waals surface area contributed by atoms with Gasteiger partial charge < -0.3 is 10.2 Å². The third-order valence-corrected chi connectivity index (χ3v) is 4.31. The van der Waals surface area contributed by atoms with Gasteiger partial charge in [-0.3, -0.25) is 4.79 Å².